The molecule has 0 aromatic carbocycles. The second-order valence-corrected chi connectivity index (χ2v) is 8.23. The highest BCUT2D eigenvalue weighted by atomic mass is 32.2. The fraction of sp³-hybridized carbons (Fsp3) is 0.733. The van der Waals surface area contributed by atoms with Gasteiger partial charge < -0.3 is 14.7 Å². The van der Waals surface area contributed by atoms with Crippen molar-refractivity contribution in [3.63, 3.8) is 0 Å². The SMILES string of the molecule is CCNC(=NCCCS(C)(=O)=O)N1CCN(Cc2ccon2)CC1. The minimum absolute atomic E-state index is 0.182. The summed E-state index contributed by atoms with van der Waals surface area (Å²) in [6.07, 6.45) is 3.41. The molecular formula is C15H27N5O3S. The lowest BCUT2D eigenvalue weighted by Crippen LogP contribution is -2.52. The number of aromatic nitrogens is 1. The molecular weight excluding hydrogens is 330 g/mol. The number of hydrogen-bond acceptors (Lipinski definition) is 6. The number of nitrogens with one attached hydrogen (secondary N) is 1. The largest absolute Gasteiger partial charge is 0.364 e. The molecule has 1 aliphatic heterocycles. The lowest BCUT2D eigenvalue weighted by molar-refractivity contribution is 0.169. The molecule has 0 saturated carbocycles. The number of hydrogen-bond donors (Lipinski definition) is 1. The first-order valence-electron chi connectivity index (χ1n) is 8.30. The van der Waals surface area contributed by atoms with E-state index in [0.717, 1.165) is 50.9 Å². The molecule has 1 N–H and O–H groups in total. The van der Waals surface area contributed by atoms with Crippen molar-refractivity contribution in [3.05, 3.63) is 18.0 Å². The second-order valence-electron chi connectivity index (χ2n) is 5.97. The Labute approximate surface area is 143 Å². The van der Waals surface area contributed by atoms with Crippen LogP contribution in [0.3, 0.4) is 0 Å². The molecule has 0 bridgehead atoms. The Kier molecular flexibility index (Phi) is 7.04. The second kappa shape index (κ2) is 9.03. The van der Waals surface area contributed by atoms with Gasteiger partial charge in [-0.25, -0.2) is 8.42 Å². The van der Waals surface area contributed by atoms with Gasteiger partial charge >= 0.3 is 0 Å². The standard InChI is InChI=1S/C15H27N5O3S/c1-3-16-15(17-6-4-12-24(2,21)22)20-9-7-19(8-10-20)13-14-5-11-23-18-14/h5,11H,3-4,6-10,12-13H2,1-2H3,(H,16,17). The fourth-order valence-electron chi connectivity index (χ4n) is 2.60. The first-order chi connectivity index (χ1) is 11.5. The zero-order valence-electron chi connectivity index (χ0n) is 14.4. The number of aliphatic imine (C=N–C) groups is 1. The molecule has 0 amide bonds. The van der Waals surface area contributed by atoms with Crippen molar-refractivity contribution in [1.82, 2.24) is 20.3 Å². The quantitative estimate of drug-likeness (QED) is 0.423. The Bertz CT molecular complexity index is 607. The molecule has 136 valence electrons. The van der Waals surface area contributed by atoms with Crippen molar-refractivity contribution in [3.8, 4) is 0 Å². The highest BCUT2D eigenvalue weighted by Gasteiger charge is 2.20. The summed E-state index contributed by atoms with van der Waals surface area (Å²) in [7, 11) is -2.91. The number of piperazine rings is 1. The molecule has 0 radical (unpaired) electrons. The predicted molar refractivity (Wildman–Crippen MR) is 93.7 cm³/mol. The van der Waals surface area contributed by atoms with Gasteiger partial charge in [-0.15, -0.1) is 0 Å². The highest BCUT2D eigenvalue weighted by molar-refractivity contribution is 7.90. The summed E-state index contributed by atoms with van der Waals surface area (Å²) in [5.41, 5.74) is 0.949. The topological polar surface area (TPSA) is 91.0 Å². The van der Waals surface area contributed by atoms with E-state index in [1.54, 1.807) is 6.26 Å². The van der Waals surface area contributed by atoms with Gasteiger partial charge in [-0.05, 0) is 13.3 Å². The third-order valence-electron chi connectivity index (χ3n) is 3.82. The smallest absolute Gasteiger partial charge is 0.194 e. The Balaban J connectivity index is 1.81. The molecule has 0 atom stereocenters. The summed E-state index contributed by atoms with van der Waals surface area (Å²) in [4.78, 5) is 9.12. The molecule has 1 saturated heterocycles. The van der Waals surface area contributed by atoms with E-state index in [4.69, 9.17) is 4.52 Å². The third-order valence-corrected chi connectivity index (χ3v) is 4.85. The maximum atomic E-state index is 11.2. The number of sulfone groups is 1. The first-order valence-corrected chi connectivity index (χ1v) is 10.4. The van der Waals surface area contributed by atoms with E-state index in [1.165, 1.54) is 6.26 Å². The minimum atomic E-state index is -2.91. The van der Waals surface area contributed by atoms with Gasteiger partial charge in [0.2, 0.25) is 0 Å². The van der Waals surface area contributed by atoms with Crippen LogP contribution in [-0.4, -0.2) is 80.6 Å². The van der Waals surface area contributed by atoms with Crippen molar-refractivity contribution < 1.29 is 12.9 Å². The molecule has 2 rings (SSSR count). The van der Waals surface area contributed by atoms with Gasteiger partial charge in [-0.3, -0.25) is 9.89 Å². The molecule has 8 nitrogen and oxygen atoms in total. The third kappa shape index (κ3) is 6.48. The van der Waals surface area contributed by atoms with Gasteiger partial charge in [0.15, 0.2) is 5.96 Å². The van der Waals surface area contributed by atoms with E-state index in [0.29, 0.717) is 13.0 Å². The summed E-state index contributed by atoms with van der Waals surface area (Å²) < 4.78 is 27.2. The van der Waals surface area contributed by atoms with Crippen LogP contribution in [0.4, 0.5) is 0 Å². The zero-order chi connectivity index (χ0) is 17.4. The van der Waals surface area contributed by atoms with Crippen LogP contribution < -0.4 is 5.32 Å². The Morgan fingerprint density at radius 2 is 2.12 bits per heavy atom. The Morgan fingerprint density at radius 3 is 2.71 bits per heavy atom. The molecule has 0 spiro atoms. The summed E-state index contributed by atoms with van der Waals surface area (Å²) >= 11 is 0. The van der Waals surface area contributed by atoms with Crippen LogP contribution in [0.25, 0.3) is 0 Å². The van der Waals surface area contributed by atoms with E-state index >= 15 is 0 Å². The average molecular weight is 357 g/mol. The molecule has 9 heteroatoms. The minimum Gasteiger partial charge on any atom is -0.364 e. The molecule has 1 fully saturated rings. The summed E-state index contributed by atoms with van der Waals surface area (Å²) in [5.74, 6) is 1.05. The molecule has 0 unspecified atom stereocenters. The van der Waals surface area contributed by atoms with E-state index < -0.39 is 9.84 Å². The fourth-order valence-corrected chi connectivity index (χ4v) is 3.26. The first kappa shape index (κ1) is 18.7. The molecule has 1 aliphatic rings. The van der Waals surface area contributed by atoms with Gasteiger partial charge in [0.1, 0.15) is 16.1 Å². The number of rotatable bonds is 7. The molecule has 1 aromatic rings. The van der Waals surface area contributed by atoms with Crippen molar-refractivity contribution in [2.24, 2.45) is 4.99 Å². The van der Waals surface area contributed by atoms with Gasteiger partial charge in [0, 0.05) is 58.1 Å². The van der Waals surface area contributed by atoms with Crippen LogP contribution in [-0.2, 0) is 16.4 Å². The van der Waals surface area contributed by atoms with Gasteiger partial charge in [0.05, 0.1) is 11.4 Å². The number of nitrogens with zero attached hydrogens (tertiary/aromatic N) is 4. The van der Waals surface area contributed by atoms with Crippen LogP contribution in [0, 0.1) is 0 Å². The van der Waals surface area contributed by atoms with Crippen LogP contribution >= 0.6 is 0 Å². The predicted octanol–water partition coefficient (Wildman–Crippen LogP) is 0.192. The summed E-state index contributed by atoms with van der Waals surface area (Å²) in [6.45, 7) is 7.78. The van der Waals surface area contributed by atoms with E-state index in [-0.39, 0.29) is 5.75 Å². The molecule has 2 heterocycles. The summed E-state index contributed by atoms with van der Waals surface area (Å²) in [6, 6.07) is 1.89. The lowest BCUT2D eigenvalue weighted by Gasteiger charge is -2.36. The van der Waals surface area contributed by atoms with Crippen LogP contribution in [0.5, 0.6) is 0 Å². The van der Waals surface area contributed by atoms with E-state index in [9.17, 15) is 8.42 Å². The van der Waals surface area contributed by atoms with Crippen LogP contribution in [0.1, 0.15) is 19.0 Å². The zero-order valence-corrected chi connectivity index (χ0v) is 15.3. The van der Waals surface area contributed by atoms with Crippen LogP contribution in [0.15, 0.2) is 21.8 Å². The highest BCUT2D eigenvalue weighted by Crippen LogP contribution is 2.07. The Morgan fingerprint density at radius 1 is 1.38 bits per heavy atom. The van der Waals surface area contributed by atoms with Crippen molar-refractivity contribution in [2.45, 2.75) is 19.9 Å². The lowest BCUT2D eigenvalue weighted by atomic mass is 10.3. The monoisotopic (exact) mass is 357 g/mol. The summed E-state index contributed by atoms with van der Waals surface area (Å²) in [5, 5.41) is 7.24. The Hall–Kier alpha value is -1.61. The van der Waals surface area contributed by atoms with E-state index in [1.807, 2.05) is 13.0 Å². The van der Waals surface area contributed by atoms with Crippen LogP contribution in [0.2, 0.25) is 0 Å². The maximum absolute atomic E-state index is 11.2. The van der Waals surface area contributed by atoms with Gasteiger partial charge in [-0.2, -0.15) is 0 Å². The van der Waals surface area contributed by atoms with Crippen molar-refractivity contribution >= 4 is 15.8 Å². The average Bonchev–Trinajstić information content (AvgIpc) is 3.03. The van der Waals surface area contributed by atoms with Crippen molar-refractivity contribution in [1.29, 1.82) is 0 Å². The number of guanidine groups is 1. The molecule has 1 aromatic heterocycles. The molecule has 24 heavy (non-hydrogen) atoms. The maximum Gasteiger partial charge on any atom is 0.194 e. The van der Waals surface area contributed by atoms with Gasteiger partial charge in [0.25, 0.3) is 0 Å². The molecule has 0 aliphatic carbocycles. The normalized spacial score (nSPS) is 17.2. The van der Waals surface area contributed by atoms with Gasteiger partial charge in [-0.1, -0.05) is 5.16 Å². The van der Waals surface area contributed by atoms with E-state index in [2.05, 4.69) is 25.3 Å². The van der Waals surface area contributed by atoms with Crippen molar-refractivity contribution in [2.75, 3.05) is 51.3 Å².